The Morgan fingerprint density at radius 3 is 2.58 bits per heavy atom. The molecule has 0 bridgehead atoms. The van der Waals surface area contributed by atoms with Crippen molar-refractivity contribution >= 4 is 11.7 Å². The lowest BCUT2D eigenvalue weighted by Crippen LogP contribution is -2.37. The van der Waals surface area contributed by atoms with Gasteiger partial charge in [0.05, 0.1) is 11.3 Å². The number of carbonyl (C=O) groups excluding carboxylic acids is 1. The zero-order valence-electron chi connectivity index (χ0n) is 10.3. The van der Waals surface area contributed by atoms with Crippen molar-refractivity contribution in [3.05, 3.63) is 29.8 Å². The van der Waals surface area contributed by atoms with Gasteiger partial charge >= 0.3 is 12.2 Å². The minimum absolute atomic E-state index is 0.111. The number of amides is 2. The van der Waals surface area contributed by atoms with Crippen LogP contribution >= 0.6 is 0 Å². The summed E-state index contributed by atoms with van der Waals surface area (Å²) in [6, 6.07) is 3.66. The first-order chi connectivity index (χ1) is 8.84. The lowest BCUT2D eigenvalue weighted by Gasteiger charge is -2.16. The molecule has 1 atom stereocenters. The summed E-state index contributed by atoms with van der Waals surface area (Å²) in [5.74, 6) is 0. The number of rotatable bonds is 4. The molecule has 0 saturated carbocycles. The van der Waals surface area contributed by atoms with Gasteiger partial charge in [-0.05, 0) is 25.5 Å². The monoisotopic (exact) mass is 276 g/mol. The van der Waals surface area contributed by atoms with Crippen LogP contribution in [0.3, 0.4) is 0 Å². The quantitative estimate of drug-likeness (QED) is 0.791. The molecule has 0 spiro atoms. The molecular weight excluding hydrogens is 261 g/mol. The van der Waals surface area contributed by atoms with Crippen molar-refractivity contribution in [2.45, 2.75) is 25.6 Å². The van der Waals surface area contributed by atoms with Gasteiger partial charge in [0.25, 0.3) is 0 Å². The van der Waals surface area contributed by atoms with Gasteiger partial charge in [-0.25, -0.2) is 4.79 Å². The van der Waals surface area contributed by atoms with Crippen LogP contribution in [-0.4, -0.2) is 23.8 Å². The zero-order valence-corrected chi connectivity index (χ0v) is 10.3. The predicted molar refractivity (Wildman–Crippen MR) is 64.8 cm³/mol. The number of hydrogen-bond acceptors (Lipinski definition) is 2. The topological polar surface area (TPSA) is 61.4 Å². The number of aliphatic hydroxyl groups excluding tert-OH is 1. The standard InChI is InChI=1S/C12H15F3N2O2/c1-8(6-7-18)16-11(19)17-10-5-3-2-4-9(10)12(13,14)15/h2-5,8,18H,6-7H2,1H3,(H2,16,17,19)/t8-/m1/s1. The van der Waals surface area contributed by atoms with Crippen LogP contribution < -0.4 is 10.6 Å². The van der Waals surface area contributed by atoms with Crippen molar-refractivity contribution in [1.82, 2.24) is 5.32 Å². The minimum atomic E-state index is -4.53. The molecule has 0 aliphatic carbocycles. The van der Waals surface area contributed by atoms with Crippen LogP contribution in [0.2, 0.25) is 0 Å². The molecule has 0 radical (unpaired) electrons. The van der Waals surface area contributed by atoms with Crippen LogP contribution in [0.5, 0.6) is 0 Å². The van der Waals surface area contributed by atoms with Gasteiger partial charge in [-0.2, -0.15) is 13.2 Å². The molecule has 0 aliphatic heterocycles. The Hall–Kier alpha value is -1.76. The maximum absolute atomic E-state index is 12.7. The Morgan fingerprint density at radius 2 is 2.00 bits per heavy atom. The number of anilines is 1. The first-order valence-corrected chi connectivity index (χ1v) is 5.69. The zero-order chi connectivity index (χ0) is 14.5. The molecule has 7 heteroatoms. The molecule has 3 N–H and O–H groups in total. The van der Waals surface area contributed by atoms with Gasteiger partial charge in [-0.3, -0.25) is 0 Å². The fourth-order valence-electron chi connectivity index (χ4n) is 1.49. The third-order valence-electron chi connectivity index (χ3n) is 2.42. The molecule has 0 saturated heterocycles. The first kappa shape index (κ1) is 15.3. The van der Waals surface area contributed by atoms with E-state index >= 15 is 0 Å². The highest BCUT2D eigenvalue weighted by Gasteiger charge is 2.33. The van der Waals surface area contributed by atoms with Gasteiger partial charge in [0.2, 0.25) is 0 Å². The van der Waals surface area contributed by atoms with Gasteiger partial charge in [0.1, 0.15) is 0 Å². The maximum atomic E-state index is 12.7. The second-order valence-corrected chi connectivity index (χ2v) is 4.06. The normalized spacial score (nSPS) is 12.9. The molecule has 0 unspecified atom stereocenters. The van der Waals surface area contributed by atoms with E-state index in [-0.39, 0.29) is 18.3 Å². The summed E-state index contributed by atoms with van der Waals surface area (Å²) < 4.78 is 38.0. The van der Waals surface area contributed by atoms with E-state index in [0.29, 0.717) is 6.42 Å². The average molecular weight is 276 g/mol. The number of nitrogens with one attached hydrogen (secondary N) is 2. The molecule has 1 aromatic carbocycles. The number of hydrogen-bond donors (Lipinski definition) is 3. The molecule has 0 aliphatic rings. The largest absolute Gasteiger partial charge is 0.418 e. The fourth-order valence-corrected chi connectivity index (χ4v) is 1.49. The van der Waals surface area contributed by atoms with Crippen LogP contribution in [0, 0.1) is 0 Å². The molecule has 1 aromatic rings. The van der Waals surface area contributed by atoms with E-state index in [1.54, 1.807) is 6.92 Å². The van der Waals surface area contributed by atoms with E-state index in [9.17, 15) is 18.0 Å². The number of carbonyl (C=O) groups is 1. The number of benzene rings is 1. The molecule has 19 heavy (non-hydrogen) atoms. The molecule has 1 rings (SSSR count). The highest BCUT2D eigenvalue weighted by molar-refractivity contribution is 5.90. The summed E-state index contributed by atoms with van der Waals surface area (Å²) in [5, 5.41) is 13.3. The van der Waals surface area contributed by atoms with Crippen LogP contribution in [0.25, 0.3) is 0 Å². The van der Waals surface area contributed by atoms with Crippen molar-refractivity contribution in [1.29, 1.82) is 0 Å². The van der Waals surface area contributed by atoms with E-state index in [0.717, 1.165) is 6.07 Å². The van der Waals surface area contributed by atoms with Crippen molar-refractivity contribution in [3.63, 3.8) is 0 Å². The second-order valence-electron chi connectivity index (χ2n) is 4.06. The number of urea groups is 1. The number of halogens is 3. The number of para-hydroxylation sites is 1. The number of aliphatic hydroxyl groups is 1. The molecule has 0 aromatic heterocycles. The Labute approximate surface area is 108 Å². The van der Waals surface area contributed by atoms with E-state index in [1.165, 1.54) is 18.2 Å². The van der Waals surface area contributed by atoms with E-state index in [2.05, 4.69) is 10.6 Å². The third kappa shape index (κ3) is 4.78. The summed E-state index contributed by atoms with van der Waals surface area (Å²) in [5.41, 5.74) is -1.20. The van der Waals surface area contributed by atoms with Crippen LogP contribution in [0.1, 0.15) is 18.9 Å². The summed E-state index contributed by atoms with van der Waals surface area (Å²) in [6.45, 7) is 1.53. The molecule has 0 fully saturated rings. The van der Waals surface area contributed by atoms with E-state index < -0.39 is 17.8 Å². The highest BCUT2D eigenvalue weighted by Crippen LogP contribution is 2.34. The Bertz CT molecular complexity index is 435. The Balaban J connectivity index is 2.75. The van der Waals surface area contributed by atoms with Crippen LogP contribution in [0.15, 0.2) is 24.3 Å². The molecule has 0 heterocycles. The van der Waals surface area contributed by atoms with Crippen molar-refractivity contribution in [2.24, 2.45) is 0 Å². The molecular formula is C12H15F3N2O2. The van der Waals surface area contributed by atoms with Crippen LogP contribution in [-0.2, 0) is 6.18 Å². The summed E-state index contributed by atoms with van der Waals surface area (Å²) in [6.07, 6.45) is -4.20. The van der Waals surface area contributed by atoms with Crippen LogP contribution in [0.4, 0.5) is 23.7 Å². The van der Waals surface area contributed by atoms with E-state index in [4.69, 9.17) is 5.11 Å². The summed E-state index contributed by atoms with van der Waals surface area (Å²) in [4.78, 5) is 11.5. The summed E-state index contributed by atoms with van der Waals surface area (Å²) in [7, 11) is 0. The van der Waals surface area contributed by atoms with Gasteiger partial charge in [0.15, 0.2) is 0 Å². The van der Waals surface area contributed by atoms with Gasteiger partial charge in [-0.15, -0.1) is 0 Å². The lowest BCUT2D eigenvalue weighted by atomic mass is 10.1. The maximum Gasteiger partial charge on any atom is 0.418 e. The van der Waals surface area contributed by atoms with Crippen molar-refractivity contribution in [3.8, 4) is 0 Å². The average Bonchev–Trinajstić information content (AvgIpc) is 2.28. The van der Waals surface area contributed by atoms with Gasteiger partial charge in [-0.1, -0.05) is 12.1 Å². The van der Waals surface area contributed by atoms with Crippen molar-refractivity contribution < 1.29 is 23.1 Å². The number of alkyl halides is 3. The Morgan fingerprint density at radius 1 is 1.37 bits per heavy atom. The van der Waals surface area contributed by atoms with Gasteiger partial charge in [0, 0.05) is 12.6 Å². The molecule has 106 valence electrons. The molecule has 2 amide bonds. The Kier molecular flexibility index (Phi) is 5.17. The fraction of sp³-hybridized carbons (Fsp3) is 0.417. The highest BCUT2D eigenvalue weighted by atomic mass is 19.4. The summed E-state index contributed by atoms with van der Waals surface area (Å²) >= 11 is 0. The van der Waals surface area contributed by atoms with Crippen molar-refractivity contribution in [2.75, 3.05) is 11.9 Å². The SMILES string of the molecule is C[C@H](CCO)NC(=O)Nc1ccccc1C(F)(F)F. The van der Waals surface area contributed by atoms with E-state index in [1.807, 2.05) is 0 Å². The minimum Gasteiger partial charge on any atom is -0.396 e. The first-order valence-electron chi connectivity index (χ1n) is 5.69. The molecule has 4 nitrogen and oxygen atoms in total. The smallest absolute Gasteiger partial charge is 0.396 e. The lowest BCUT2D eigenvalue weighted by molar-refractivity contribution is -0.136. The van der Waals surface area contributed by atoms with Gasteiger partial charge < -0.3 is 15.7 Å². The third-order valence-corrected chi connectivity index (χ3v) is 2.42. The predicted octanol–water partition coefficient (Wildman–Crippen LogP) is 2.60. The second kappa shape index (κ2) is 6.42.